The van der Waals surface area contributed by atoms with E-state index in [-0.39, 0.29) is 12.4 Å². The molecule has 0 heterocycles. The molecule has 32 heavy (non-hydrogen) atoms. The predicted octanol–water partition coefficient (Wildman–Crippen LogP) is 5.05. The zero-order valence-electron chi connectivity index (χ0n) is 18.1. The van der Waals surface area contributed by atoms with Crippen LogP contribution in [0.25, 0.3) is 0 Å². The molecule has 3 rings (SSSR count). The number of benzene rings is 3. The molecule has 3 aromatic carbocycles. The van der Waals surface area contributed by atoms with Crippen LogP contribution in [0.1, 0.15) is 17.5 Å². The van der Waals surface area contributed by atoms with Crippen LogP contribution in [0.4, 0.5) is 4.79 Å². The van der Waals surface area contributed by atoms with Crippen LogP contribution in [0.15, 0.2) is 78.9 Å². The molecule has 170 valence electrons. The maximum atomic E-state index is 12.7. The summed E-state index contributed by atoms with van der Waals surface area (Å²) in [6.45, 7) is 1.81. The molecule has 0 aliphatic carbocycles. The lowest BCUT2D eigenvalue weighted by atomic mass is 10.2. The van der Waals surface area contributed by atoms with Gasteiger partial charge in [-0.05, 0) is 48.4 Å². The summed E-state index contributed by atoms with van der Waals surface area (Å²) in [4.78, 5) is 14.3. The van der Waals surface area contributed by atoms with E-state index in [4.69, 9.17) is 19.9 Å². The summed E-state index contributed by atoms with van der Waals surface area (Å²) >= 11 is 0. The van der Waals surface area contributed by atoms with Crippen molar-refractivity contribution in [2.45, 2.75) is 19.6 Å². The van der Waals surface area contributed by atoms with E-state index in [9.17, 15) is 4.79 Å². The van der Waals surface area contributed by atoms with Gasteiger partial charge in [-0.3, -0.25) is 0 Å². The maximum Gasteiger partial charge on any atom is 0.415 e. The van der Waals surface area contributed by atoms with Crippen LogP contribution in [0.2, 0.25) is 0 Å². The molecular weight excluding hydrogens is 428 g/mol. The van der Waals surface area contributed by atoms with E-state index in [1.807, 2.05) is 66.7 Å². The lowest BCUT2D eigenvalue weighted by Crippen LogP contribution is -2.34. The van der Waals surface area contributed by atoms with Crippen molar-refractivity contribution in [3.05, 3.63) is 90.0 Å². The van der Waals surface area contributed by atoms with Gasteiger partial charge in [-0.2, -0.15) is 0 Å². The van der Waals surface area contributed by atoms with E-state index in [0.29, 0.717) is 49.9 Å². The third kappa shape index (κ3) is 7.48. The van der Waals surface area contributed by atoms with Crippen molar-refractivity contribution in [2.75, 3.05) is 20.2 Å². The highest BCUT2D eigenvalue weighted by molar-refractivity contribution is 5.85. The molecule has 0 aromatic heterocycles. The average molecular weight is 457 g/mol. The molecular formula is C25H29ClN2O4. The van der Waals surface area contributed by atoms with Crippen LogP contribution < -0.4 is 19.9 Å². The Kier molecular flexibility index (Phi) is 10.4. The number of rotatable bonds is 10. The van der Waals surface area contributed by atoms with Crippen LogP contribution >= 0.6 is 12.4 Å². The normalized spacial score (nSPS) is 10.1. The van der Waals surface area contributed by atoms with Crippen molar-refractivity contribution in [3.63, 3.8) is 0 Å². The third-order valence-corrected chi connectivity index (χ3v) is 4.68. The Bertz CT molecular complexity index is 955. The number of amides is 1. The smallest absolute Gasteiger partial charge is 0.415 e. The Labute approximate surface area is 195 Å². The van der Waals surface area contributed by atoms with E-state index in [1.54, 1.807) is 24.1 Å². The molecule has 0 unspecified atom stereocenters. The molecule has 0 saturated carbocycles. The fourth-order valence-corrected chi connectivity index (χ4v) is 3.06. The first-order valence-corrected chi connectivity index (χ1v) is 10.2. The lowest BCUT2D eigenvalue weighted by molar-refractivity contribution is 0.149. The van der Waals surface area contributed by atoms with Gasteiger partial charge in [0.05, 0.1) is 7.11 Å². The standard InChI is InChI=1S/C25H28N2O4.ClH/c1-29-24-17-21(13-14-23(24)30-19-20-9-4-2-5-10-20)18-27(16-8-15-26)25(28)31-22-11-6-3-7-12-22;/h2-7,9-14,17H,8,15-16,18-19,26H2,1H3;1H. The van der Waals surface area contributed by atoms with Gasteiger partial charge in [0.25, 0.3) is 0 Å². The number of hydrogen-bond donors (Lipinski definition) is 1. The zero-order valence-corrected chi connectivity index (χ0v) is 18.9. The molecule has 0 radical (unpaired) electrons. The van der Waals surface area contributed by atoms with E-state index >= 15 is 0 Å². The Balaban J connectivity index is 0.00000363. The van der Waals surface area contributed by atoms with Gasteiger partial charge in [0.1, 0.15) is 12.4 Å². The van der Waals surface area contributed by atoms with Crippen LogP contribution in [-0.2, 0) is 13.2 Å². The summed E-state index contributed by atoms with van der Waals surface area (Å²) in [6, 6.07) is 24.6. The highest BCUT2D eigenvalue weighted by atomic mass is 35.5. The van der Waals surface area contributed by atoms with E-state index < -0.39 is 6.09 Å². The van der Waals surface area contributed by atoms with E-state index in [0.717, 1.165) is 11.1 Å². The zero-order chi connectivity index (χ0) is 21.9. The van der Waals surface area contributed by atoms with Crippen molar-refractivity contribution >= 4 is 18.5 Å². The lowest BCUT2D eigenvalue weighted by Gasteiger charge is -2.22. The fraction of sp³-hybridized carbons (Fsp3) is 0.240. The molecule has 0 bridgehead atoms. The summed E-state index contributed by atoms with van der Waals surface area (Å²) in [5, 5.41) is 0. The Morgan fingerprint density at radius 1 is 0.906 bits per heavy atom. The van der Waals surface area contributed by atoms with Crippen molar-refractivity contribution in [1.29, 1.82) is 0 Å². The second kappa shape index (κ2) is 13.2. The van der Waals surface area contributed by atoms with Gasteiger partial charge in [0, 0.05) is 13.1 Å². The molecule has 2 N–H and O–H groups in total. The van der Waals surface area contributed by atoms with E-state index in [1.165, 1.54) is 0 Å². The molecule has 0 saturated heterocycles. The average Bonchev–Trinajstić information content (AvgIpc) is 2.82. The molecule has 6 nitrogen and oxygen atoms in total. The highest BCUT2D eigenvalue weighted by Crippen LogP contribution is 2.29. The van der Waals surface area contributed by atoms with Crippen LogP contribution in [0.3, 0.4) is 0 Å². The molecule has 3 aromatic rings. The van der Waals surface area contributed by atoms with E-state index in [2.05, 4.69) is 0 Å². The Morgan fingerprint density at radius 3 is 2.25 bits per heavy atom. The molecule has 0 aliphatic heterocycles. The predicted molar refractivity (Wildman–Crippen MR) is 128 cm³/mol. The summed E-state index contributed by atoms with van der Waals surface area (Å²) < 4.78 is 16.9. The molecule has 7 heteroatoms. The number of halogens is 1. The number of carbonyl (C=O) groups is 1. The molecule has 0 fully saturated rings. The minimum absolute atomic E-state index is 0. The van der Waals surface area contributed by atoms with Crippen molar-refractivity contribution < 1.29 is 19.0 Å². The third-order valence-electron chi connectivity index (χ3n) is 4.68. The maximum absolute atomic E-state index is 12.7. The number of para-hydroxylation sites is 1. The second-order valence-corrected chi connectivity index (χ2v) is 7.00. The molecule has 0 atom stereocenters. The minimum atomic E-state index is -0.414. The second-order valence-electron chi connectivity index (χ2n) is 7.00. The monoisotopic (exact) mass is 456 g/mol. The number of nitrogens with zero attached hydrogens (tertiary/aromatic N) is 1. The van der Waals surface area contributed by atoms with Crippen molar-refractivity contribution in [2.24, 2.45) is 5.73 Å². The van der Waals surface area contributed by atoms with Gasteiger partial charge in [-0.15, -0.1) is 12.4 Å². The SMILES string of the molecule is COc1cc(CN(CCCN)C(=O)Oc2ccccc2)ccc1OCc1ccccc1.Cl. The van der Waals surface area contributed by atoms with Gasteiger partial charge in [0.15, 0.2) is 11.5 Å². The first kappa shape index (κ1) is 25.0. The number of methoxy groups -OCH3 is 1. The van der Waals surface area contributed by atoms with Crippen LogP contribution in [-0.4, -0.2) is 31.2 Å². The molecule has 0 aliphatic rings. The van der Waals surface area contributed by atoms with Crippen molar-refractivity contribution in [3.8, 4) is 17.2 Å². The quantitative estimate of drug-likeness (QED) is 0.462. The number of nitrogens with two attached hydrogens (primary N) is 1. The Hall–Kier alpha value is -3.22. The van der Waals surface area contributed by atoms with Gasteiger partial charge in [0.2, 0.25) is 0 Å². The topological polar surface area (TPSA) is 74.0 Å². The van der Waals surface area contributed by atoms with Gasteiger partial charge in [-0.25, -0.2) is 4.79 Å². The number of hydrogen-bond acceptors (Lipinski definition) is 5. The first-order chi connectivity index (χ1) is 15.2. The minimum Gasteiger partial charge on any atom is -0.493 e. The van der Waals surface area contributed by atoms with Gasteiger partial charge < -0.3 is 24.8 Å². The van der Waals surface area contributed by atoms with Crippen LogP contribution in [0, 0.1) is 0 Å². The molecule has 1 amide bonds. The van der Waals surface area contributed by atoms with Gasteiger partial charge >= 0.3 is 6.09 Å². The molecule has 0 spiro atoms. The van der Waals surface area contributed by atoms with Gasteiger partial charge in [-0.1, -0.05) is 54.6 Å². The summed E-state index contributed by atoms with van der Waals surface area (Å²) in [6.07, 6.45) is 0.266. The van der Waals surface area contributed by atoms with Crippen LogP contribution in [0.5, 0.6) is 17.2 Å². The fourth-order valence-electron chi connectivity index (χ4n) is 3.06. The first-order valence-electron chi connectivity index (χ1n) is 10.2. The highest BCUT2D eigenvalue weighted by Gasteiger charge is 2.17. The largest absolute Gasteiger partial charge is 0.493 e. The number of carbonyl (C=O) groups excluding carboxylic acids is 1. The summed E-state index contributed by atoms with van der Waals surface area (Å²) in [5.74, 6) is 1.77. The Morgan fingerprint density at radius 2 is 1.59 bits per heavy atom. The summed E-state index contributed by atoms with van der Waals surface area (Å²) in [7, 11) is 1.60. The number of ether oxygens (including phenoxy) is 3. The van der Waals surface area contributed by atoms with Crippen molar-refractivity contribution in [1.82, 2.24) is 4.90 Å². The summed E-state index contributed by atoms with van der Waals surface area (Å²) in [5.41, 5.74) is 7.64.